The zero-order chi connectivity index (χ0) is 25.2. The number of ketones is 1. The van der Waals surface area contributed by atoms with E-state index in [1.807, 2.05) is 54.6 Å². The molecule has 3 rings (SSSR count). The lowest BCUT2D eigenvalue weighted by Gasteiger charge is -2.25. The van der Waals surface area contributed by atoms with Gasteiger partial charge in [0.05, 0.1) is 13.2 Å². The molecule has 1 aliphatic carbocycles. The topological polar surface area (TPSA) is 72.9 Å². The molecule has 35 heavy (non-hydrogen) atoms. The fourth-order valence-corrected chi connectivity index (χ4v) is 3.97. The molecule has 6 heteroatoms. The predicted octanol–water partition coefficient (Wildman–Crippen LogP) is 3.41. The smallest absolute Gasteiger partial charge is 0.305 e. The highest BCUT2D eigenvalue weighted by Crippen LogP contribution is 2.31. The Hall–Kier alpha value is -3.67. The third-order valence-electron chi connectivity index (χ3n) is 5.81. The van der Waals surface area contributed by atoms with Gasteiger partial charge in [0.15, 0.2) is 5.78 Å². The molecule has 1 aliphatic rings. The molecule has 0 saturated carbocycles. The normalized spacial score (nSPS) is 12.6. The molecule has 0 heterocycles. The minimum atomic E-state index is -0.207. The zero-order valence-corrected chi connectivity index (χ0v) is 20.5. The van der Waals surface area contributed by atoms with Crippen LogP contribution in [0.4, 0.5) is 5.69 Å². The summed E-state index contributed by atoms with van der Waals surface area (Å²) in [7, 11) is 0. The third-order valence-corrected chi connectivity index (χ3v) is 5.81. The van der Waals surface area contributed by atoms with Crippen LogP contribution in [0.15, 0.2) is 54.6 Å². The molecule has 2 aromatic carbocycles. The van der Waals surface area contributed by atoms with Crippen LogP contribution in [-0.4, -0.2) is 44.0 Å². The molecular formula is C29H33NO5. The molecule has 0 atom stereocenters. The second-order valence-corrected chi connectivity index (χ2v) is 8.35. The van der Waals surface area contributed by atoms with E-state index in [1.54, 1.807) is 13.8 Å². The highest BCUT2D eigenvalue weighted by atomic mass is 16.5. The highest BCUT2D eigenvalue weighted by molar-refractivity contribution is 6.50. The first kappa shape index (κ1) is 25.9. The largest absolute Gasteiger partial charge is 0.466 e. The molecule has 0 spiro atoms. The summed E-state index contributed by atoms with van der Waals surface area (Å²) in [4.78, 5) is 38.4. The van der Waals surface area contributed by atoms with E-state index in [9.17, 15) is 14.4 Å². The summed E-state index contributed by atoms with van der Waals surface area (Å²) in [6.45, 7) is 9.53. The molecule has 0 fully saturated rings. The van der Waals surface area contributed by atoms with E-state index in [-0.39, 0.29) is 17.7 Å². The van der Waals surface area contributed by atoms with Crippen LogP contribution in [0.25, 0.3) is 17.7 Å². The van der Waals surface area contributed by atoms with E-state index in [0.29, 0.717) is 63.1 Å². The van der Waals surface area contributed by atoms with Gasteiger partial charge < -0.3 is 14.4 Å². The first-order valence-corrected chi connectivity index (χ1v) is 12.1. The summed E-state index contributed by atoms with van der Waals surface area (Å²) in [5.74, 6) is -0.376. The van der Waals surface area contributed by atoms with Gasteiger partial charge >= 0.3 is 11.9 Å². The minimum absolute atomic E-state index is 0.0373. The molecule has 6 nitrogen and oxygen atoms in total. The second-order valence-electron chi connectivity index (χ2n) is 8.35. The van der Waals surface area contributed by atoms with Crippen molar-refractivity contribution in [1.82, 2.24) is 0 Å². The Morgan fingerprint density at radius 2 is 1.37 bits per heavy atom. The van der Waals surface area contributed by atoms with Gasteiger partial charge in [-0.2, -0.15) is 0 Å². The van der Waals surface area contributed by atoms with E-state index in [0.717, 1.165) is 21.7 Å². The van der Waals surface area contributed by atoms with Crippen molar-refractivity contribution in [3.8, 4) is 0 Å². The lowest BCUT2D eigenvalue weighted by molar-refractivity contribution is -0.144. The van der Waals surface area contributed by atoms with E-state index < -0.39 is 0 Å². The van der Waals surface area contributed by atoms with Crippen LogP contribution in [0.5, 0.6) is 0 Å². The minimum Gasteiger partial charge on any atom is -0.466 e. The number of carbonyl (C=O) groups excluding carboxylic acids is 3. The lowest BCUT2D eigenvalue weighted by Crippen LogP contribution is -2.27. The summed E-state index contributed by atoms with van der Waals surface area (Å²) in [5, 5.41) is 1.81. The van der Waals surface area contributed by atoms with E-state index in [4.69, 9.17) is 9.47 Å². The lowest BCUT2D eigenvalue weighted by atomic mass is 9.84. The molecule has 0 radical (unpaired) electrons. The average Bonchev–Trinajstić information content (AvgIpc) is 2.84. The second kappa shape index (κ2) is 12.7. The molecule has 0 bridgehead atoms. The van der Waals surface area contributed by atoms with Crippen molar-refractivity contribution < 1.29 is 23.9 Å². The fourth-order valence-electron chi connectivity index (χ4n) is 3.97. The van der Waals surface area contributed by atoms with Crippen LogP contribution in [0.2, 0.25) is 0 Å². The predicted molar refractivity (Wildman–Crippen MR) is 138 cm³/mol. The zero-order valence-electron chi connectivity index (χ0n) is 20.5. The number of allylic oxidation sites excluding steroid dienone is 2. The van der Waals surface area contributed by atoms with Crippen molar-refractivity contribution in [3.63, 3.8) is 0 Å². The summed E-state index contributed by atoms with van der Waals surface area (Å²) in [5.41, 5.74) is 3.25. The van der Waals surface area contributed by atoms with Crippen molar-refractivity contribution in [2.24, 2.45) is 0 Å². The van der Waals surface area contributed by atoms with Crippen LogP contribution in [0, 0.1) is 0 Å². The standard InChI is InChI=1S/C29H33NO5/c1-4-34-27(31)8-6-18-30(19-7-9-28(32)35-5-2)24-16-14-23(15-17-24)26-20-25(29(26)33)22-12-10-21(3)11-13-22/h10-17,20H,3-9,18-19H2,1-2H3. The molecule has 0 amide bonds. The number of hydrogen-bond acceptors (Lipinski definition) is 6. The van der Waals surface area contributed by atoms with Crippen molar-refractivity contribution in [3.05, 3.63) is 70.6 Å². The SMILES string of the molecule is C=c1ccc(=C2C=C(c3ccc(N(CCCC(=O)OCC)CCCC(=O)OCC)cc3)C2=O)cc1. The van der Waals surface area contributed by atoms with E-state index in [2.05, 4.69) is 11.5 Å². The molecule has 0 aliphatic heterocycles. The number of anilines is 1. The molecule has 0 aromatic heterocycles. The number of rotatable bonds is 12. The molecule has 2 aromatic rings. The Labute approximate surface area is 206 Å². The summed E-state index contributed by atoms with van der Waals surface area (Å²) >= 11 is 0. The van der Waals surface area contributed by atoms with Gasteiger partial charge in [-0.25, -0.2) is 0 Å². The Morgan fingerprint density at radius 3 is 1.86 bits per heavy atom. The number of nitrogens with zero attached hydrogens (tertiary/aromatic N) is 1. The van der Waals surface area contributed by atoms with Crippen molar-refractivity contribution in [1.29, 1.82) is 0 Å². The van der Waals surface area contributed by atoms with Crippen molar-refractivity contribution in [2.75, 3.05) is 31.2 Å². The van der Waals surface area contributed by atoms with Gasteiger partial charge in [0, 0.05) is 42.8 Å². The highest BCUT2D eigenvalue weighted by Gasteiger charge is 2.25. The van der Waals surface area contributed by atoms with E-state index in [1.165, 1.54) is 0 Å². The van der Waals surface area contributed by atoms with E-state index >= 15 is 0 Å². The van der Waals surface area contributed by atoms with Crippen LogP contribution >= 0.6 is 0 Å². The number of benzene rings is 2. The van der Waals surface area contributed by atoms with Gasteiger partial charge in [0.2, 0.25) is 0 Å². The first-order valence-electron chi connectivity index (χ1n) is 12.1. The van der Waals surface area contributed by atoms with Crippen LogP contribution < -0.4 is 15.3 Å². The van der Waals surface area contributed by atoms with Crippen molar-refractivity contribution >= 4 is 41.1 Å². The molecule has 184 valence electrons. The maximum Gasteiger partial charge on any atom is 0.305 e. The number of esters is 2. The Morgan fingerprint density at radius 1 is 0.829 bits per heavy atom. The number of carbonyl (C=O) groups is 3. The van der Waals surface area contributed by atoms with Gasteiger partial charge in [-0.1, -0.05) is 43.0 Å². The number of hydrogen-bond donors (Lipinski definition) is 0. The summed E-state index contributed by atoms with van der Waals surface area (Å²) < 4.78 is 10.0. The van der Waals surface area contributed by atoms with Gasteiger partial charge in [-0.3, -0.25) is 14.4 Å². The summed E-state index contributed by atoms with van der Waals surface area (Å²) in [6, 6.07) is 15.5. The number of ether oxygens (including phenoxy) is 2. The molecule has 0 saturated heterocycles. The Bertz CT molecular complexity index is 1150. The fraction of sp³-hybridized carbons (Fsp3) is 0.345. The molecule has 0 unspecified atom stereocenters. The van der Waals surface area contributed by atoms with Gasteiger partial charge in [-0.05, 0) is 60.9 Å². The van der Waals surface area contributed by atoms with Crippen LogP contribution in [0.1, 0.15) is 45.1 Å². The maximum absolute atomic E-state index is 12.8. The Balaban J connectivity index is 1.70. The average molecular weight is 476 g/mol. The monoisotopic (exact) mass is 475 g/mol. The van der Waals surface area contributed by atoms with Gasteiger partial charge in [0.25, 0.3) is 0 Å². The first-order chi connectivity index (χ1) is 16.9. The van der Waals surface area contributed by atoms with Gasteiger partial charge in [-0.15, -0.1) is 0 Å². The van der Waals surface area contributed by atoms with Crippen molar-refractivity contribution in [2.45, 2.75) is 39.5 Å². The van der Waals surface area contributed by atoms with Gasteiger partial charge in [0.1, 0.15) is 0 Å². The van der Waals surface area contributed by atoms with Crippen LogP contribution in [-0.2, 0) is 23.9 Å². The molecule has 0 N–H and O–H groups in total. The Kier molecular flexibility index (Phi) is 9.41. The maximum atomic E-state index is 12.8. The summed E-state index contributed by atoms with van der Waals surface area (Å²) in [6.07, 6.45) is 3.90. The third kappa shape index (κ3) is 7.15. The quantitative estimate of drug-likeness (QED) is 0.438. The number of Topliss-reactive ketones (excluding diaryl/α,β-unsaturated/α-hetero) is 1. The van der Waals surface area contributed by atoms with Crippen LogP contribution in [0.3, 0.4) is 0 Å². The molecular weight excluding hydrogens is 442 g/mol.